The van der Waals surface area contributed by atoms with Crippen LogP contribution in [0.2, 0.25) is 0 Å². The van der Waals surface area contributed by atoms with Crippen LogP contribution in [0.25, 0.3) is 0 Å². The van der Waals surface area contributed by atoms with Gasteiger partial charge in [-0.2, -0.15) is 0 Å². The monoisotopic (exact) mass is 257 g/mol. The molecule has 0 radical (unpaired) electrons. The summed E-state index contributed by atoms with van der Waals surface area (Å²) in [6, 6.07) is -0.416. The Hall–Kier alpha value is -1.14. The third-order valence-corrected chi connectivity index (χ3v) is 3.18. The molecule has 18 heavy (non-hydrogen) atoms. The van der Waals surface area contributed by atoms with E-state index in [9.17, 15) is 9.59 Å². The van der Waals surface area contributed by atoms with E-state index >= 15 is 0 Å². The molecule has 1 aliphatic rings. The zero-order valence-electron chi connectivity index (χ0n) is 11.0. The first-order valence-corrected chi connectivity index (χ1v) is 6.53. The van der Waals surface area contributed by atoms with Crippen molar-refractivity contribution in [1.29, 1.82) is 0 Å². The van der Waals surface area contributed by atoms with Gasteiger partial charge in [0.1, 0.15) is 0 Å². The second-order valence-electron chi connectivity index (χ2n) is 4.74. The molecule has 1 saturated heterocycles. The van der Waals surface area contributed by atoms with E-state index in [-0.39, 0.29) is 12.5 Å². The van der Waals surface area contributed by atoms with Gasteiger partial charge in [0.05, 0.1) is 12.6 Å². The summed E-state index contributed by atoms with van der Waals surface area (Å²) in [5, 5.41) is 8.75. The maximum Gasteiger partial charge on any atom is 0.317 e. The van der Waals surface area contributed by atoms with Crippen LogP contribution in [0.1, 0.15) is 26.2 Å². The first-order valence-electron chi connectivity index (χ1n) is 6.53. The summed E-state index contributed by atoms with van der Waals surface area (Å²) in [5.41, 5.74) is 5.83. The van der Waals surface area contributed by atoms with E-state index in [0.29, 0.717) is 26.1 Å². The lowest BCUT2D eigenvalue weighted by atomic mass is 10.1. The van der Waals surface area contributed by atoms with Crippen molar-refractivity contribution in [2.75, 3.05) is 32.7 Å². The number of rotatable bonds is 5. The molecular formula is C12H23N3O3. The highest BCUT2D eigenvalue weighted by Crippen LogP contribution is 2.06. The van der Waals surface area contributed by atoms with Crippen LogP contribution in [0.5, 0.6) is 0 Å². The van der Waals surface area contributed by atoms with Crippen LogP contribution in [0.4, 0.5) is 0 Å². The van der Waals surface area contributed by atoms with E-state index in [2.05, 4.69) is 0 Å². The Bertz CT molecular complexity index is 296. The Morgan fingerprint density at radius 3 is 2.61 bits per heavy atom. The number of carbonyl (C=O) groups is 2. The Morgan fingerprint density at radius 1 is 1.28 bits per heavy atom. The van der Waals surface area contributed by atoms with E-state index in [0.717, 1.165) is 19.4 Å². The smallest absolute Gasteiger partial charge is 0.317 e. The Labute approximate surface area is 108 Å². The minimum Gasteiger partial charge on any atom is -0.480 e. The molecule has 6 nitrogen and oxygen atoms in total. The number of nitrogens with zero attached hydrogens (tertiary/aromatic N) is 2. The van der Waals surface area contributed by atoms with Crippen LogP contribution < -0.4 is 5.73 Å². The van der Waals surface area contributed by atoms with Crippen molar-refractivity contribution in [1.82, 2.24) is 9.80 Å². The lowest BCUT2D eigenvalue weighted by molar-refractivity contribution is -0.138. The van der Waals surface area contributed by atoms with E-state index < -0.39 is 12.0 Å². The zero-order chi connectivity index (χ0) is 13.5. The van der Waals surface area contributed by atoms with Gasteiger partial charge >= 0.3 is 5.97 Å². The summed E-state index contributed by atoms with van der Waals surface area (Å²) < 4.78 is 0. The molecule has 3 N–H and O–H groups in total. The highest BCUT2D eigenvalue weighted by Gasteiger charge is 2.23. The topological polar surface area (TPSA) is 86.9 Å². The van der Waals surface area contributed by atoms with Gasteiger partial charge in [-0.25, -0.2) is 0 Å². The molecule has 1 heterocycles. The third kappa shape index (κ3) is 4.62. The van der Waals surface area contributed by atoms with Crippen molar-refractivity contribution < 1.29 is 14.7 Å². The molecule has 0 aromatic rings. The van der Waals surface area contributed by atoms with Gasteiger partial charge in [0, 0.05) is 26.2 Å². The van der Waals surface area contributed by atoms with E-state index in [1.807, 2.05) is 11.8 Å². The molecule has 1 aliphatic heterocycles. The number of carbonyl (C=O) groups excluding carboxylic acids is 1. The summed E-state index contributed by atoms with van der Waals surface area (Å²) in [6.07, 6.45) is 2.40. The fourth-order valence-corrected chi connectivity index (χ4v) is 2.21. The van der Waals surface area contributed by atoms with E-state index in [4.69, 9.17) is 10.8 Å². The van der Waals surface area contributed by atoms with Gasteiger partial charge in [0.15, 0.2) is 0 Å². The van der Waals surface area contributed by atoms with Crippen LogP contribution in [0, 0.1) is 0 Å². The summed E-state index contributed by atoms with van der Waals surface area (Å²) in [7, 11) is 0. The summed E-state index contributed by atoms with van der Waals surface area (Å²) in [5.74, 6) is -0.827. The molecule has 1 atom stereocenters. The maximum absolute atomic E-state index is 12.0. The SMILES string of the molecule is CCC[C@H](N)C(=O)N1CCCN(CC(=O)O)CC1. The second-order valence-corrected chi connectivity index (χ2v) is 4.74. The van der Waals surface area contributed by atoms with Crippen molar-refractivity contribution in [3.63, 3.8) is 0 Å². The van der Waals surface area contributed by atoms with Crippen molar-refractivity contribution >= 4 is 11.9 Å². The van der Waals surface area contributed by atoms with Gasteiger partial charge < -0.3 is 15.7 Å². The highest BCUT2D eigenvalue weighted by atomic mass is 16.4. The van der Waals surface area contributed by atoms with Crippen LogP contribution in [0.15, 0.2) is 0 Å². The number of hydrogen-bond donors (Lipinski definition) is 2. The molecule has 0 aromatic heterocycles. The summed E-state index contributed by atoms with van der Waals surface area (Å²) >= 11 is 0. The molecule has 1 amide bonds. The quantitative estimate of drug-likeness (QED) is 0.708. The lowest BCUT2D eigenvalue weighted by Gasteiger charge is -2.24. The Kier molecular flexibility index (Phi) is 6.07. The van der Waals surface area contributed by atoms with Gasteiger partial charge in [-0.15, -0.1) is 0 Å². The van der Waals surface area contributed by atoms with Crippen molar-refractivity contribution in [3.8, 4) is 0 Å². The Morgan fingerprint density at radius 2 is 2.00 bits per heavy atom. The van der Waals surface area contributed by atoms with Gasteiger partial charge in [-0.1, -0.05) is 13.3 Å². The number of carboxylic acids is 1. The van der Waals surface area contributed by atoms with Gasteiger partial charge in [-0.3, -0.25) is 14.5 Å². The molecule has 6 heteroatoms. The molecule has 0 spiro atoms. The summed E-state index contributed by atoms with van der Waals surface area (Å²) in [6.45, 7) is 4.62. The van der Waals surface area contributed by atoms with E-state index in [1.165, 1.54) is 0 Å². The number of aliphatic carboxylic acids is 1. The van der Waals surface area contributed by atoms with Crippen molar-refractivity contribution in [2.45, 2.75) is 32.2 Å². The van der Waals surface area contributed by atoms with Crippen LogP contribution in [-0.4, -0.2) is 65.5 Å². The first kappa shape index (κ1) is 14.9. The predicted octanol–water partition coefficient (Wildman–Crippen LogP) is -0.267. The lowest BCUT2D eigenvalue weighted by Crippen LogP contribution is -2.45. The molecule has 1 fully saturated rings. The normalized spacial score (nSPS) is 19.3. The van der Waals surface area contributed by atoms with Crippen LogP contribution >= 0.6 is 0 Å². The largest absolute Gasteiger partial charge is 0.480 e. The third-order valence-electron chi connectivity index (χ3n) is 3.18. The standard InChI is InChI=1S/C12H23N3O3/c1-2-4-10(13)12(18)15-6-3-5-14(7-8-15)9-11(16)17/h10H,2-9,13H2,1H3,(H,16,17)/t10-/m0/s1. The number of carboxylic acid groups (broad SMARTS) is 1. The fourth-order valence-electron chi connectivity index (χ4n) is 2.21. The van der Waals surface area contributed by atoms with Gasteiger partial charge in [-0.05, 0) is 12.8 Å². The molecule has 0 unspecified atom stereocenters. The number of hydrogen-bond acceptors (Lipinski definition) is 4. The Balaban J connectivity index is 2.46. The average molecular weight is 257 g/mol. The minimum absolute atomic E-state index is 0.00553. The minimum atomic E-state index is -0.822. The van der Waals surface area contributed by atoms with Crippen molar-refractivity contribution in [3.05, 3.63) is 0 Å². The molecule has 0 saturated carbocycles. The maximum atomic E-state index is 12.0. The fraction of sp³-hybridized carbons (Fsp3) is 0.833. The first-order chi connectivity index (χ1) is 8.54. The van der Waals surface area contributed by atoms with Gasteiger partial charge in [0.2, 0.25) is 5.91 Å². The van der Waals surface area contributed by atoms with Crippen molar-refractivity contribution in [2.24, 2.45) is 5.73 Å². The summed E-state index contributed by atoms with van der Waals surface area (Å²) in [4.78, 5) is 26.3. The zero-order valence-corrected chi connectivity index (χ0v) is 11.0. The number of nitrogens with two attached hydrogens (primary N) is 1. The average Bonchev–Trinajstić information content (AvgIpc) is 2.53. The second kappa shape index (κ2) is 7.33. The predicted molar refractivity (Wildman–Crippen MR) is 68.2 cm³/mol. The molecule has 0 aliphatic carbocycles. The molecular weight excluding hydrogens is 234 g/mol. The molecule has 104 valence electrons. The van der Waals surface area contributed by atoms with E-state index in [1.54, 1.807) is 4.90 Å². The van der Waals surface area contributed by atoms with Gasteiger partial charge in [0.25, 0.3) is 0 Å². The molecule has 0 aromatic carbocycles. The molecule has 1 rings (SSSR count). The molecule has 0 bridgehead atoms. The number of amides is 1. The highest BCUT2D eigenvalue weighted by molar-refractivity contribution is 5.81. The van der Waals surface area contributed by atoms with Crippen LogP contribution in [0.3, 0.4) is 0 Å². The van der Waals surface area contributed by atoms with Crippen LogP contribution in [-0.2, 0) is 9.59 Å².